The van der Waals surface area contributed by atoms with Gasteiger partial charge in [-0.25, -0.2) is 5.06 Å². The molecule has 1 heterocycles. The van der Waals surface area contributed by atoms with Crippen LogP contribution in [-0.4, -0.2) is 30.7 Å². The number of benzene rings is 1. The maximum Gasteiger partial charge on any atom is 0.119 e. The van der Waals surface area contributed by atoms with Crippen molar-refractivity contribution < 1.29 is 5.21 Å². The molecule has 2 N–H and O–H groups in total. The first-order valence-corrected chi connectivity index (χ1v) is 5.06. The van der Waals surface area contributed by atoms with Gasteiger partial charge in [0.2, 0.25) is 0 Å². The minimum atomic E-state index is 0.420. The van der Waals surface area contributed by atoms with E-state index >= 15 is 0 Å². The van der Waals surface area contributed by atoms with Crippen molar-refractivity contribution >= 4 is 11.5 Å². The number of amidine groups is 1. The Morgan fingerprint density at radius 2 is 2.13 bits per heavy atom. The highest BCUT2D eigenvalue weighted by Gasteiger charge is 2.09. The predicted octanol–water partition coefficient (Wildman–Crippen LogP) is 1.19. The third-order valence-corrected chi connectivity index (χ3v) is 2.38. The smallest absolute Gasteiger partial charge is 0.119 e. The van der Waals surface area contributed by atoms with Crippen LogP contribution in [0, 0.1) is 6.92 Å². The summed E-state index contributed by atoms with van der Waals surface area (Å²) in [6.45, 7) is 4.12. The van der Waals surface area contributed by atoms with Gasteiger partial charge in [-0.05, 0) is 19.1 Å². The molecule has 0 saturated heterocycles. The topological polar surface area (TPSA) is 47.9 Å². The Hall–Kier alpha value is -1.55. The second-order valence-corrected chi connectivity index (χ2v) is 3.65. The van der Waals surface area contributed by atoms with E-state index in [1.165, 1.54) is 10.6 Å². The summed E-state index contributed by atoms with van der Waals surface area (Å²) in [5.41, 5.74) is 1.97. The number of hydrogen-bond donors (Lipinski definition) is 2. The Morgan fingerprint density at radius 1 is 1.40 bits per heavy atom. The van der Waals surface area contributed by atoms with Gasteiger partial charge in [0, 0.05) is 6.54 Å². The molecule has 1 aromatic carbocycles. The van der Waals surface area contributed by atoms with Crippen molar-refractivity contribution in [1.82, 2.24) is 5.32 Å². The van der Waals surface area contributed by atoms with Gasteiger partial charge < -0.3 is 5.32 Å². The number of aryl methyl sites for hydroxylation is 1. The predicted molar refractivity (Wildman–Crippen MR) is 60.6 cm³/mol. The van der Waals surface area contributed by atoms with E-state index in [0.717, 1.165) is 24.6 Å². The lowest BCUT2D eigenvalue weighted by Crippen LogP contribution is -2.32. The number of rotatable bonds is 3. The molecule has 4 heteroatoms. The van der Waals surface area contributed by atoms with Crippen molar-refractivity contribution in [2.75, 3.05) is 24.7 Å². The monoisotopic (exact) mass is 205 g/mol. The van der Waals surface area contributed by atoms with Gasteiger partial charge in [0.15, 0.2) is 0 Å². The molecule has 0 atom stereocenters. The number of hydroxylamine groups is 1. The van der Waals surface area contributed by atoms with Crippen LogP contribution in [-0.2, 0) is 0 Å². The number of anilines is 1. The standard InChI is InChI=1S/C11H15N3O/c1-9-2-4-10(5-3-9)14(15)8-11-12-6-7-13-11/h2-5,15H,6-8H2,1H3,(H,12,13). The Bertz CT molecular complexity index is 359. The molecule has 0 aliphatic carbocycles. The molecule has 1 aromatic rings. The van der Waals surface area contributed by atoms with Crippen LogP contribution < -0.4 is 10.4 Å². The second kappa shape index (κ2) is 4.31. The number of nitrogens with one attached hydrogen (secondary N) is 1. The zero-order valence-electron chi connectivity index (χ0n) is 8.77. The number of aliphatic imine (C=N–C) groups is 1. The lowest BCUT2D eigenvalue weighted by Gasteiger charge is -2.17. The minimum absolute atomic E-state index is 0.420. The summed E-state index contributed by atoms with van der Waals surface area (Å²) in [5.74, 6) is 0.845. The van der Waals surface area contributed by atoms with Gasteiger partial charge in [-0.3, -0.25) is 10.2 Å². The van der Waals surface area contributed by atoms with E-state index < -0.39 is 0 Å². The Balaban J connectivity index is 2.00. The largest absolute Gasteiger partial charge is 0.370 e. The van der Waals surface area contributed by atoms with E-state index in [9.17, 15) is 5.21 Å². The molecule has 2 rings (SSSR count). The molecule has 15 heavy (non-hydrogen) atoms. The molecule has 1 aliphatic rings. The molecule has 0 saturated carbocycles. The van der Waals surface area contributed by atoms with Gasteiger partial charge in [0.05, 0.1) is 12.2 Å². The molecular formula is C11H15N3O. The molecule has 4 nitrogen and oxygen atoms in total. The lowest BCUT2D eigenvalue weighted by molar-refractivity contribution is 0.269. The first kappa shape index (κ1) is 9.98. The van der Waals surface area contributed by atoms with E-state index in [1.54, 1.807) is 0 Å². The van der Waals surface area contributed by atoms with Gasteiger partial charge in [-0.2, -0.15) is 0 Å². The van der Waals surface area contributed by atoms with Crippen molar-refractivity contribution in [3.8, 4) is 0 Å². The fraction of sp³-hybridized carbons (Fsp3) is 0.364. The normalized spacial score (nSPS) is 14.7. The summed E-state index contributed by atoms with van der Waals surface area (Å²) in [7, 11) is 0. The van der Waals surface area contributed by atoms with Crippen molar-refractivity contribution in [2.24, 2.45) is 4.99 Å². The minimum Gasteiger partial charge on any atom is -0.370 e. The molecule has 1 aliphatic heterocycles. The van der Waals surface area contributed by atoms with Gasteiger partial charge >= 0.3 is 0 Å². The highest BCUT2D eigenvalue weighted by atomic mass is 16.5. The molecule has 0 bridgehead atoms. The van der Waals surface area contributed by atoms with E-state index in [4.69, 9.17) is 0 Å². The highest BCUT2D eigenvalue weighted by molar-refractivity contribution is 5.87. The summed E-state index contributed by atoms with van der Waals surface area (Å²) in [6.07, 6.45) is 0. The maximum atomic E-state index is 9.78. The quantitative estimate of drug-likeness (QED) is 0.729. The fourth-order valence-electron chi connectivity index (χ4n) is 1.50. The average Bonchev–Trinajstić information content (AvgIpc) is 2.71. The van der Waals surface area contributed by atoms with Crippen LogP contribution in [0.5, 0.6) is 0 Å². The van der Waals surface area contributed by atoms with Crippen LogP contribution in [0.2, 0.25) is 0 Å². The van der Waals surface area contributed by atoms with Gasteiger partial charge in [-0.1, -0.05) is 17.7 Å². The van der Waals surface area contributed by atoms with Crippen LogP contribution in [0.25, 0.3) is 0 Å². The summed E-state index contributed by atoms with van der Waals surface area (Å²) in [6, 6.07) is 7.74. The van der Waals surface area contributed by atoms with E-state index in [-0.39, 0.29) is 0 Å². The Morgan fingerprint density at radius 3 is 2.73 bits per heavy atom. The van der Waals surface area contributed by atoms with Gasteiger partial charge in [0.1, 0.15) is 12.4 Å². The van der Waals surface area contributed by atoms with Crippen LogP contribution in [0.15, 0.2) is 29.3 Å². The summed E-state index contributed by atoms with van der Waals surface area (Å²) < 4.78 is 0. The number of hydrogen-bond acceptors (Lipinski definition) is 4. The van der Waals surface area contributed by atoms with E-state index in [2.05, 4.69) is 10.3 Å². The van der Waals surface area contributed by atoms with Crippen molar-refractivity contribution in [3.05, 3.63) is 29.8 Å². The molecule has 0 unspecified atom stereocenters. The molecule has 0 radical (unpaired) electrons. The maximum absolute atomic E-state index is 9.78. The summed E-state index contributed by atoms with van der Waals surface area (Å²) >= 11 is 0. The van der Waals surface area contributed by atoms with E-state index in [1.807, 2.05) is 31.2 Å². The zero-order valence-corrected chi connectivity index (χ0v) is 8.77. The third kappa shape index (κ3) is 2.47. The SMILES string of the molecule is Cc1ccc(N(O)CC2=NCCN2)cc1. The highest BCUT2D eigenvalue weighted by Crippen LogP contribution is 2.12. The first-order chi connectivity index (χ1) is 7.25. The second-order valence-electron chi connectivity index (χ2n) is 3.65. The molecule has 80 valence electrons. The van der Waals surface area contributed by atoms with Crippen LogP contribution in [0.3, 0.4) is 0 Å². The molecule has 0 amide bonds. The molecule has 0 aromatic heterocycles. The summed E-state index contributed by atoms with van der Waals surface area (Å²) in [4.78, 5) is 4.22. The zero-order chi connectivity index (χ0) is 10.7. The van der Waals surface area contributed by atoms with Crippen molar-refractivity contribution in [2.45, 2.75) is 6.92 Å². The summed E-state index contributed by atoms with van der Waals surface area (Å²) in [5, 5.41) is 14.1. The van der Waals surface area contributed by atoms with Crippen molar-refractivity contribution in [3.63, 3.8) is 0 Å². The Kier molecular flexibility index (Phi) is 2.87. The number of nitrogens with zero attached hydrogens (tertiary/aromatic N) is 2. The van der Waals surface area contributed by atoms with Gasteiger partial charge in [0.25, 0.3) is 0 Å². The molecular weight excluding hydrogens is 190 g/mol. The van der Waals surface area contributed by atoms with Gasteiger partial charge in [-0.15, -0.1) is 0 Å². The van der Waals surface area contributed by atoms with Crippen LogP contribution in [0.4, 0.5) is 5.69 Å². The molecule has 0 fully saturated rings. The van der Waals surface area contributed by atoms with Crippen LogP contribution in [0.1, 0.15) is 5.56 Å². The van der Waals surface area contributed by atoms with E-state index in [0.29, 0.717) is 6.54 Å². The Labute approximate surface area is 89.2 Å². The molecule has 0 spiro atoms. The third-order valence-electron chi connectivity index (χ3n) is 2.38. The van der Waals surface area contributed by atoms with Crippen LogP contribution >= 0.6 is 0 Å². The lowest BCUT2D eigenvalue weighted by atomic mass is 10.2. The first-order valence-electron chi connectivity index (χ1n) is 5.06. The fourth-order valence-corrected chi connectivity index (χ4v) is 1.50. The average molecular weight is 205 g/mol. The van der Waals surface area contributed by atoms with Crippen molar-refractivity contribution in [1.29, 1.82) is 0 Å².